The average Bonchev–Trinajstić information content (AvgIpc) is 2.71. The lowest BCUT2D eigenvalue weighted by molar-refractivity contribution is -0.136. The molecule has 0 fully saturated rings. The zero-order valence-corrected chi connectivity index (χ0v) is 16.9. The zero-order chi connectivity index (χ0) is 21.0. The Labute approximate surface area is 169 Å². The minimum absolute atomic E-state index is 0.00163. The molecule has 6 nitrogen and oxygen atoms in total. The van der Waals surface area contributed by atoms with Gasteiger partial charge < -0.3 is 14.0 Å². The van der Waals surface area contributed by atoms with E-state index in [-0.39, 0.29) is 17.7 Å². The van der Waals surface area contributed by atoms with Crippen molar-refractivity contribution in [2.45, 2.75) is 31.1 Å². The van der Waals surface area contributed by atoms with Crippen LogP contribution in [0, 0.1) is 0 Å². The van der Waals surface area contributed by atoms with Gasteiger partial charge in [0.25, 0.3) is 0 Å². The maximum atomic E-state index is 12.2. The summed E-state index contributed by atoms with van der Waals surface area (Å²) in [7, 11) is -4.73. The minimum Gasteiger partial charge on any atom is -0.744 e. The molecule has 0 aromatic heterocycles. The molecule has 1 atom stereocenters. The number of carbonyl (C=O) groups is 1. The standard InChI is InChI=1S/C22H22O6S/c1-3-15(2)16-10-12-18(13-11-16)27-14-21(23)28-19-8-4-6-17-7-5-9-20(22(17)19)29(24,25)26/h4-13,15H,3,14H2,1-2H3,(H,24,25,26)/p-1. The van der Waals surface area contributed by atoms with E-state index in [1.165, 1.54) is 23.8 Å². The van der Waals surface area contributed by atoms with Gasteiger partial charge in [-0.3, -0.25) is 0 Å². The van der Waals surface area contributed by atoms with Crippen molar-refractivity contribution in [2.75, 3.05) is 6.61 Å². The molecule has 0 aliphatic heterocycles. The highest BCUT2D eigenvalue weighted by molar-refractivity contribution is 7.86. The number of fused-ring (bicyclic) bond motifs is 1. The summed E-state index contributed by atoms with van der Waals surface area (Å²) in [4.78, 5) is 11.8. The van der Waals surface area contributed by atoms with Crippen LogP contribution in [0.2, 0.25) is 0 Å². The van der Waals surface area contributed by atoms with Crippen molar-refractivity contribution in [3.8, 4) is 11.5 Å². The number of esters is 1. The lowest BCUT2D eigenvalue weighted by atomic mass is 9.99. The first-order chi connectivity index (χ1) is 13.8. The second-order valence-electron chi connectivity index (χ2n) is 6.71. The zero-order valence-electron chi connectivity index (χ0n) is 16.1. The van der Waals surface area contributed by atoms with Crippen LogP contribution in [0.3, 0.4) is 0 Å². The van der Waals surface area contributed by atoms with Crippen molar-refractivity contribution < 1.29 is 27.2 Å². The lowest BCUT2D eigenvalue weighted by Gasteiger charge is -2.14. The average molecular weight is 413 g/mol. The van der Waals surface area contributed by atoms with Crippen molar-refractivity contribution in [1.29, 1.82) is 0 Å². The predicted octanol–water partition coefficient (Wildman–Crippen LogP) is 4.24. The predicted molar refractivity (Wildman–Crippen MR) is 108 cm³/mol. The largest absolute Gasteiger partial charge is 0.744 e. The van der Waals surface area contributed by atoms with Gasteiger partial charge in [0.2, 0.25) is 0 Å². The summed E-state index contributed by atoms with van der Waals surface area (Å²) in [5, 5.41) is 0.560. The van der Waals surface area contributed by atoms with E-state index in [9.17, 15) is 17.8 Å². The normalized spacial score (nSPS) is 12.5. The molecule has 3 rings (SSSR count). The van der Waals surface area contributed by atoms with Crippen LogP contribution in [0.4, 0.5) is 0 Å². The number of benzene rings is 3. The maximum absolute atomic E-state index is 12.2. The molecule has 0 spiro atoms. The molecular formula is C22H21O6S-. The van der Waals surface area contributed by atoms with Gasteiger partial charge in [-0.25, -0.2) is 13.2 Å². The first kappa shape index (κ1) is 20.8. The monoisotopic (exact) mass is 413 g/mol. The topological polar surface area (TPSA) is 92.7 Å². The van der Waals surface area contributed by atoms with E-state index in [1.54, 1.807) is 30.3 Å². The summed E-state index contributed by atoms with van der Waals surface area (Å²) in [5.41, 5.74) is 1.18. The van der Waals surface area contributed by atoms with Gasteiger partial charge in [0.1, 0.15) is 21.6 Å². The van der Waals surface area contributed by atoms with Crippen molar-refractivity contribution in [3.63, 3.8) is 0 Å². The SMILES string of the molecule is CCC(C)c1ccc(OCC(=O)Oc2cccc3cccc(S(=O)(=O)[O-])c23)cc1. The molecule has 0 saturated heterocycles. The van der Waals surface area contributed by atoms with E-state index < -0.39 is 21.0 Å². The number of ether oxygens (including phenoxy) is 2. The fourth-order valence-electron chi connectivity index (χ4n) is 2.99. The molecule has 1 unspecified atom stereocenters. The Kier molecular flexibility index (Phi) is 6.20. The smallest absolute Gasteiger partial charge is 0.349 e. The Morgan fingerprint density at radius 2 is 1.69 bits per heavy atom. The molecule has 29 heavy (non-hydrogen) atoms. The second kappa shape index (κ2) is 8.63. The van der Waals surface area contributed by atoms with Crippen LogP contribution in [0.15, 0.2) is 65.6 Å². The molecule has 7 heteroatoms. The molecule has 0 aliphatic rings. The molecule has 152 valence electrons. The summed E-state index contributed by atoms with van der Waals surface area (Å²) >= 11 is 0. The van der Waals surface area contributed by atoms with Crippen LogP contribution in [0.1, 0.15) is 31.7 Å². The van der Waals surface area contributed by atoms with Crippen LogP contribution in [-0.2, 0) is 14.9 Å². The Morgan fingerprint density at radius 3 is 2.31 bits per heavy atom. The summed E-state index contributed by atoms with van der Waals surface area (Å²) in [6.45, 7) is 3.89. The van der Waals surface area contributed by atoms with E-state index in [0.29, 0.717) is 17.1 Å². The van der Waals surface area contributed by atoms with Gasteiger partial charge in [0, 0.05) is 5.39 Å². The van der Waals surface area contributed by atoms with Gasteiger partial charge in [-0.1, -0.05) is 50.2 Å². The first-order valence-electron chi connectivity index (χ1n) is 9.20. The molecular weight excluding hydrogens is 392 g/mol. The highest BCUT2D eigenvalue weighted by Crippen LogP contribution is 2.31. The Hall–Kier alpha value is -2.90. The molecule has 0 saturated carbocycles. The molecule has 3 aromatic carbocycles. The van der Waals surface area contributed by atoms with Crippen LogP contribution < -0.4 is 9.47 Å². The van der Waals surface area contributed by atoms with Crippen LogP contribution in [0.25, 0.3) is 10.8 Å². The fourth-order valence-corrected chi connectivity index (χ4v) is 3.70. The number of hydrogen-bond acceptors (Lipinski definition) is 6. The minimum atomic E-state index is -4.73. The number of carbonyl (C=O) groups excluding carboxylic acids is 1. The fraction of sp³-hybridized carbons (Fsp3) is 0.227. The molecule has 0 bridgehead atoms. The third-order valence-corrected chi connectivity index (χ3v) is 5.62. The molecule has 0 aliphatic carbocycles. The molecule has 0 radical (unpaired) electrons. The number of rotatable bonds is 7. The summed E-state index contributed by atoms with van der Waals surface area (Å²) < 4.78 is 45.5. The number of hydrogen-bond donors (Lipinski definition) is 0. The lowest BCUT2D eigenvalue weighted by Crippen LogP contribution is -2.18. The summed E-state index contributed by atoms with van der Waals surface area (Å²) in [6, 6.07) is 16.4. The van der Waals surface area contributed by atoms with E-state index in [2.05, 4.69) is 13.8 Å². The second-order valence-corrected chi connectivity index (χ2v) is 8.05. The molecule has 0 heterocycles. The van der Waals surface area contributed by atoms with E-state index >= 15 is 0 Å². The Bertz CT molecular complexity index is 1110. The van der Waals surface area contributed by atoms with Crippen LogP contribution >= 0.6 is 0 Å². The van der Waals surface area contributed by atoms with Crippen LogP contribution in [0.5, 0.6) is 11.5 Å². The molecule has 0 amide bonds. The molecule has 3 aromatic rings. The third-order valence-electron chi connectivity index (χ3n) is 4.74. The maximum Gasteiger partial charge on any atom is 0.349 e. The van der Waals surface area contributed by atoms with Gasteiger partial charge in [0.05, 0.1) is 4.90 Å². The summed E-state index contributed by atoms with van der Waals surface area (Å²) in [6.07, 6.45) is 1.03. The van der Waals surface area contributed by atoms with Gasteiger partial charge in [-0.2, -0.15) is 0 Å². The first-order valence-corrected chi connectivity index (χ1v) is 10.6. The van der Waals surface area contributed by atoms with Gasteiger partial charge in [-0.15, -0.1) is 0 Å². The van der Waals surface area contributed by atoms with Crippen molar-refractivity contribution in [2.24, 2.45) is 0 Å². The van der Waals surface area contributed by atoms with E-state index in [4.69, 9.17) is 9.47 Å². The van der Waals surface area contributed by atoms with Gasteiger partial charge in [0.15, 0.2) is 6.61 Å². The van der Waals surface area contributed by atoms with Gasteiger partial charge in [-0.05, 0) is 47.6 Å². The Morgan fingerprint density at radius 1 is 1.03 bits per heavy atom. The third kappa shape index (κ3) is 4.93. The Balaban J connectivity index is 1.75. The van der Waals surface area contributed by atoms with E-state index in [1.807, 2.05) is 12.1 Å². The van der Waals surface area contributed by atoms with Gasteiger partial charge >= 0.3 is 5.97 Å². The van der Waals surface area contributed by atoms with Crippen molar-refractivity contribution >= 4 is 26.9 Å². The van der Waals surface area contributed by atoms with E-state index in [0.717, 1.165) is 6.42 Å². The van der Waals surface area contributed by atoms with Crippen molar-refractivity contribution in [1.82, 2.24) is 0 Å². The van der Waals surface area contributed by atoms with Crippen molar-refractivity contribution in [3.05, 3.63) is 66.2 Å². The van der Waals surface area contributed by atoms with Crippen LogP contribution in [-0.4, -0.2) is 25.5 Å². The highest BCUT2D eigenvalue weighted by Gasteiger charge is 2.15. The quantitative estimate of drug-likeness (QED) is 0.327. The molecule has 0 N–H and O–H groups in total. The highest BCUT2D eigenvalue weighted by atomic mass is 32.2. The summed E-state index contributed by atoms with van der Waals surface area (Å²) in [5.74, 6) is 0.251.